The molecule has 0 aromatic rings. The van der Waals surface area contributed by atoms with Crippen molar-refractivity contribution in [2.45, 2.75) is 18.6 Å². The Kier molecular flexibility index (Phi) is 4.42. The zero-order chi connectivity index (χ0) is 9.72. The second kappa shape index (κ2) is 4.81. The Labute approximate surface area is 68.1 Å². The number of aliphatic carboxylic acids is 1. The molecule has 0 aromatic carbocycles. The van der Waals surface area contributed by atoms with Gasteiger partial charge in [0.05, 0.1) is 12.7 Å². The summed E-state index contributed by atoms with van der Waals surface area (Å²) in [4.78, 5) is 20.2. The van der Waals surface area contributed by atoms with Crippen LogP contribution in [0.3, 0.4) is 0 Å². The van der Waals surface area contributed by atoms with Crippen LogP contribution in [-0.2, 0) is 9.59 Å². The summed E-state index contributed by atoms with van der Waals surface area (Å²) in [7, 11) is 0. The van der Waals surface area contributed by atoms with E-state index in [1.807, 2.05) is 0 Å². The van der Waals surface area contributed by atoms with Gasteiger partial charge in [0.25, 0.3) is 0 Å². The summed E-state index contributed by atoms with van der Waals surface area (Å²) in [5, 5.41) is 35.6. The third-order valence-electron chi connectivity index (χ3n) is 1.25. The van der Waals surface area contributed by atoms with E-state index in [1.54, 1.807) is 0 Å². The topological polar surface area (TPSA) is 118 Å². The van der Waals surface area contributed by atoms with E-state index in [2.05, 4.69) is 0 Å². The largest absolute Gasteiger partial charge is 0.542 e. The molecule has 0 rings (SSSR count). The molecule has 0 saturated heterocycles. The van der Waals surface area contributed by atoms with E-state index in [4.69, 9.17) is 15.3 Å². The van der Waals surface area contributed by atoms with Gasteiger partial charge in [-0.1, -0.05) is 0 Å². The van der Waals surface area contributed by atoms with Gasteiger partial charge in [0.15, 0.2) is 5.78 Å². The van der Waals surface area contributed by atoms with E-state index < -0.39 is 37.0 Å². The van der Waals surface area contributed by atoms with Crippen LogP contribution in [0.2, 0.25) is 0 Å². The van der Waals surface area contributed by atoms with Crippen molar-refractivity contribution in [1.29, 1.82) is 0 Å². The number of aliphatic hydroxyl groups excluding tert-OH is 3. The van der Waals surface area contributed by atoms with Crippen LogP contribution in [0, 0.1) is 0 Å². The fraction of sp³-hybridized carbons (Fsp3) is 0.667. The highest BCUT2D eigenvalue weighted by Crippen LogP contribution is 1.98. The van der Waals surface area contributed by atoms with Crippen molar-refractivity contribution in [3.05, 3.63) is 0 Å². The molecule has 0 radical (unpaired) electrons. The van der Waals surface area contributed by atoms with Crippen LogP contribution in [0.1, 0.15) is 6.42 Å². The maximum absolute atomic E-state index is 10.4. The Morgan fingerprint density at radius 3 is 2.08 bits per heavy atom. The molecule has 2 atom stereocenters. The molecule has 0 fully saturated rings. The van der Waals surface area contributed by atoms with Gasteiger partial charge in [-0.05, 0) is 0 Å². The average molecular weight is 177 g/mol. The molecular weight excluding hydrogens is 168 g/mol. The van der Waals surface area contributed by atoms with Gasteiger partial charge >= 0.3 is 0 Å². The van der Waals surface area contributed by atoms with Gasteiger partial charge in [-0.25, -0.2) is 0 Å². The number of hydrogen-bond acceptors (Lipinski definition) is 6. The quantitative estimate of drug-likeness (QED) is 0.373. The average Bonchev–Trinajstić information content (AvgIpc) is 2.02. The van der Waals surface area contributed by atoms with Crippen molar-refractivity contribution in [2.75, 3.05) is 6.61 Å². The number of rotatable bonds is 5. The van der Waals surface area contributed by atoms with Crippen LogP contribution in [0.25, 0.3) is 0 Å². The minimum absolute atomic E-state index is 0.735. The SMILES string of the molecule is O=C([O-])C(=O)C[C@@H](O)[C@@H](O)CO. The van der Waals surface area contributed by atoms with Gasteiger partial charge in [-0.2, -0.15) is 0 Å². The molecule has 0 aromatic heterocycles. The summed E-state index contributed by atoms with van der Waals surface area (Å²) in [5.41, 5.74) is 0. The lowest BCUT2D eigenvalue weighted by Gasteiger charge is -2.14. The van der Waals surface area contributed by atoms with Crippen LogP contribution in [0.5, 0.6) is 0 Å². The summed E-state index contributed by atoms with van der Waals surface area (Å²) in [6, 6.07) is 0. The second-order valence-electron chi connectivity index (χ2n) is 2.23. The van der Waals surface area contributed by atoms with Crippen molar-refractivity contribution in [2.24, 2.45) is 0 Å². The van der Waals surface area contributed by atoms with E-state index in [-0.39, 0.29) is 0 Å². The van der Waals surface area contributed by atoms with Crippen LogP contribution >= 0.6 is 0 Å². The number of carboxylic acids is 1. The molecule has 6 heteroatoms. The Bertz CT molecular complexity index is 177. The van der Waals surface area contributed by atoms with Crippen LogP contribution in [0.4, 0.5) is 0 Å². The van der Waals surface area contributed by atoms with Crippen molar-refractivity contribution >= 4 is 11.8 Å². The molecule has 0 spiro atoms. The first-order valence-electron chi connectivity index (χ1n) is 3.20. The Morgan fingerprint density at radius 1 is 1.25 bits per heavy atom. The van der Waals surface area contributed by atoms with E-state index in [9.17, 15) is 14.7 Å². The standard InChI is InChI=1S/C6H10O6/c7-2-5(10)3(8)1-4(9)6(11)12/h3,5,7-8,10H,1-2H2,(H,11,12)/p-1/t3-,5+/m1/s1. The van der Waals surface area contributed by atoms with E-state index in [1.165, 1.54) is 0 Å². The minimum atomic E-state index is -1.92. The summed E-state index contributed by atoms with van der Waals surface area (Å²) in [6.45, 7) is -0.735. The molecule has 0 unspecified atom stereocenters. The number of carboxylic acid groups (broad SMARTS) is 1. The zero-order valence-electron chi connectivity index (χ0n) is 6.14. The highest BCUT2D eigenvalue weighted by molar-refractivity contribution is 6.31. The van der Waals surface area contributed by atoms with E-state index in [0.717, 1.165) is 0 Å². The molecule has 0 aliphatic rings. The monoisotopic (exact) mass is 177 g/mol. The van der Waals surface area contributed by atoms with E-state index >= 15 is 0 Å². The van der Waals surface area contributed by atoms with Gasteiger partial charge in [0.1, 0.15) is 12.1 Å². The maximum atomic E-state index is 10.4. The molecule has 0 amide bonds. The summed E-state index contributed by atoms with van der Waals surface area (Å²) in [6.07, 6.45) is -3.84. The zero-order valence-corrected chi connectivity index (χ0v) is 6.14. The van der Waals surface area contributed by atoms with Gasteiger partial charge in [0.2, 0.25) is 0 Å². The molecule has 70 valence electrons. The fourth-order valence-corrected chi connectivity index (χ4v) is 0.531. The van der Waals surface area contributed by atoms with Crippen LogP contribution < -0.4 is 5.11 Å². The molecule has 0 aliphatic carbocycles. The minimum Gasteiger partial charge on any atom is -0.542 e. The molecular formula is C6H9O6-. The summed E-state index contributed by atoms with van der Waals surface area (Å²) < 4.78 is 0. The molecule has 0 bridgehead atoms. The highest BCUT2D eigenvalue weighted by atomic mass is 16.4. The van der Waals surface area contributed by atoms with E-state index in [0.29, 0.717) is 0 Å². The molecule has 0 heterocycles. The normalized spacial score (nSPS) is 15.2. The Morgan fingerprint density at radius 2 is 1.75 bits per heavy atom. The van der Waals surface area contributed by atoms with Crippen LogP contribution in [0.15, 0.2) is 0 Å². The molecule has 6 nitrogen and oxygen atoms in total. The van der Waals surface area contributed by atoms with Crippen molar-refractivity contribution < 1.29 is 30.0 Å². The maximum Gasteiger partial charge on any atom is 0.180 e. The third-order valence-corrected chi connectivity index (χ3v) is 1.25. The first-order chi connectivity index (χ1) is 5.49. The van der Waals surface area contributed by atoms with Gasteiger partial charge in [0, 0.05) is 6.42 Å². The predicted octanol–water partition coefficient (Wildman–Crippen LogP) is -3.59. The van der Waals surface area contributed by atoms with Gasteiger partial charge < -0.3 is 25.2 Å². The fourth-order valence-electron chi connectivity index (χ4n) is 0.531. The highest BCUT2D eigenvalue weighted by Gasteiger charge is 2.18. The van der Waals surface area contributed by atoms with Gasteiger partial charge in [-0.3, -0.25) is 4.79 Å². The number of Topliss-reactive ketones (excluding diaryl/α,β-unsaturated/α-hetero) is 1. The lowest BCUT2D eigenvalue weighted by atomic mass is 10.1. The predicted molar refractivity (Wildman–Crippen MR) is 33.7 cm³/mol. The third kappa shape index (κ3) is 3.42. The Hall–Kier alpha value is -0.980. The number of carbonyl (C=O) groups is 2. The number of ketones is 1. The lowest BCUT2D eigenvalue weighted by molar-refractivity contribution is -0.300. The molecule has 0 aliphatic heterocycles. The first-order valence-corrected chi connectivity index (χ1v) is 3.20. The van der Waals surface area contributed by atoms with Crippen LogP contribution in [-0.4, -0.2) is 45.9 Å². The number of carbonyl (C=O) groups excluding carboxylic acids is 2. The van der Waals surface area contributed by atoms with Gasteiger partial charge in [-0.15, -0.1) is 0 Å². The molecule has 0 saturated carbocycles. The van der Waals surface area contributed by atoms with Crippen molar-refractivity contribution in [1.82, 2.24) is 0 Å². The first kappa shape index (κ1) is 11.0. The number of aliphatic hydroxyl groups is 3. The molecule has 3 N–H and O–H groups in total. The lowest BCUT2D eigenvalue weighted by Crippen LogP contribution is -2.38. The summed E-state index contributed by atoms with van der Waals surface area (Å²) in [5.74, 6) is -3.23. The number of hydrogen-bond donors (Lipinski definition) is 3. The van der Waals surface area contributed by atoms with Crippen molar-refractivity contribution in [3.8, 4) is 0 Å². The summed E-state index contributed by atoms with van der Waals surface area (Å²) >= 11 is 0. The molecule has 12 heavy (non-hydrogen) atoms. The smallest absolute Gasteiger partial charge is 0.180 e. The van der Waals surface area contributed by atoms with Crippen molar-refractivity contribution in [3.63, 3.8) is 0 Å². The Balaban J connectivity index is 3.92. The second-order valence-corrected chi connectivity index (χ2v) is 2.23.